The van der Waals surface area contributed by atoms with Gasteiger partial charge in [-0.05, 0) is 24.3 Å². The molecule has 0 radical (unpaired) electrons. The Morgan fingerprint density at radius 2 is 1.31 bits per heavy atom. The molecule has 3 nitrogen and oxygen atoms in total. The number of ether oxygens (including phenoxy) is 1. The van der Waals surface area contributed by atoms with Crippen molar-refractivity contribution in [3.8, 4) is 17.2 Å². The Labute approximate surface area is 165 Å². The number of hydrogen-bond acceptors (Lipinski definition) is 3. The third kappa shape index (κ3) is 4.51. The summed E-state index contributed by atoms with van der Waals surface area (Å²) in [6.45, 7) is 2.26. The predicted octanol–water partition coefficient (Wildman–Crippen LogP) is 5.23. The first kappa shape index (κ1) is 18.6. The number of ketones is 1. The number of phenols is 1. The van der Waals surface area contributed by atoms with Crippen LogP contribution < -0.4 is 4.74 Å². The predicted molar refractivity (Wildman–Crippen MR) is 105 cm³/mol. The second kappa shape index (κ2) is 8.47. The third-order valence-electron chi connectivity index (χ3n) is 4.18. The molecule has 1 atom stereocenters. The summed E-state index contributed by atoms with van der Waals surface area (Å²) in [4.78, 5) is 12.6. The first-order valence-electron chi connectivity index (χ1n) is 8.31. The fraction of sp³-hybridized carbons (Fsp3) is 0.136. The molecule has 132 valence electrons. The van der Waals surface area contributed by atoms with Crippen LogP contribution in [0, 0.1) is 0 Å². The van der Waals surface area contributed by atoms with E-state index in [0.717, 1.165) is 0 Å². The molecule has 3 rings (SSSR count). The molecule has 1 N–H and O–H groups in total. The summed E-state index contributed by atoms with van der Waals surface area (Å²) in [7, 11) is 0. The van der Waals surface area contributed by atoms with Gasteiger partial charge in [0.05, 0.1) is 0 Å². The normalized spacial score (nSPS) is 11.8. The van der Waals surface area contributed by atoms with Crippen LogP contribution >= 0.6 is 0 Å². The van der Waals surface area contributed by atoms with Crippen LogP contribution in [0.5, 0.6) is 17.2 Å². The Bertz CT molecular complexity index is 869. The summed E-state index contributed by atoms with van der Waals surface area (Å²) < 4.78 is 8.70. The van der Waals surface area contributed by atoms with Gasteiger partial charge in [-0.25, -0.2) is 0 Å². The maximum atomic E-state index is 12.6. The molecule has 0 heterocycles. The quantitative estimate of drug-likeness (QED) is 0.435. The Hall–Kier alpha value is -2.17. The van der Waals surface area contributed by atoms with Crippen molar-refractivity contribution < 1.29 is 14.6 Å². The fourth-order valence-corrected chi connectivity index (χ4v) is 4.20. The van der Waals surface area contributed by atoms with Gasteiger partial charge in [0.15, 0.2) is 0 Å². The molecule has 26 heavy (non-hydrogen) atoms. The van der Waals surface area contributed by atoms with Gasteiger partial charge in [0.2, 0.25) is 0 Å². The first-order chi connectivity index (χ1) is 12.6. The summed E-state index contributed by atoms with van der Waals surface area (Å²) in [6.07, 6.45) is 0. The van der Waals surface area contributed by atoms with Gasteiger partial charge in [0.1, 0.15) is 5.75 Å². The van der Waals surface area contributed by atoms with Gasteiger partial charge in [-0.1, -0.05) is 0 Å². The Morgan fingerprint density at radius 1 is 0.846 bits per heavy atom. The van der Waals surface area contributed by atoms with Crippen molar-refractivity contribution in [2.75, 3.05) is 0 Å². The third-order valence-corrected chi connectivity index (χ3v) is 7.99. The van der Waals surface area contributed by atoms with Crippen LogP contribution in [-0.2, 0) is 0 Å². The standard InChI is InChI=1S/C21H17O3.CH3.Po/c1-2-15-3-5-16(6-4-15)21(23)17-7-11-19(12-8-17)24-20-13-9-18(22)10-14-20;;/h2-14,22H,1H3;1H3;. The van der Waals surface area contributed by atoms with Gasteiger partial charge in [0, 0.05) is 0 Å². The van der Waals surface area contributed by atoms with Crippen molar-refractivity contribution in [3.63, 3.8) is 0 Å². The van der Waals surface area contributed by atoms with Crippen LogP contribution in [0.3, 0.4) is 0 Å². The molecule has 0 aromatic heterocycles. The van der Waals surface area contributed by atoms with Crippen molar-refractivity contribution in [3.05, 3.63) is 89.5 Å². The zero-order valence-electron chi connectivity index (χ0n) is 14.7. The minimum absolute atomic E-state index is 0.0107. The molecule has 1 unspecified atom stereocenters. The molecule has 0 aliphatic heterocycles. The van der Waals surface area contributed by atoms with E-state index >= 15 is 0 Å². The Morgan fingerprint density at radius 3 is 1.81 bits per heavy atom. The van der Waals surface area contributed by atoms with Gasteiger partial charge >= 0.3 is 131 Å². The molecule has 0 saturated carbocycles. The molecule has 3 aromatic rings. The van der Waals surface area contributed by atoms with Gasteiger partial charge in [-0.2, -0.15) is 0 Å². The van der Waals surface area contributed by atoms with Crippen LogP contribution in [-0.4, -0.2) is 34.5 Å². The zero-order chi connectivity index (χ0) is 18.5. The van der Waals surface area contributed by atoms with Crippen molar-refractivity contribution >= 4 is 29.3 Å². The zero-order valence-corrected chi connectivity index (χ0v) is 17.9. The number of benzene rings is 3. The molecule has 0 bridgehead atoms. The van der Waals surface area contributed by atoms with Crippen LogP contribution in [0.1, 0.15) is 32.0 Å². The molecular formula is C22H20O3Po. The van der Waals surface area contributed by atoms with E-state index in [-0.39, 0.29) is 35.1 Å². The van der Waals surface area contributed by atoms with Crippen LogP contribution in [0.2, 0.25) is 4.58 Å². The Balaban J connectivity index is 1.71. The topological polar surface area (TPSA) is 46.5 Å². The number of rotatable bonds is 6. The van der Waals surface area contributed by atoms with Crippen molar-refractivity contribution in [2.45, 2.75) is 15.1 Å². The van der Waals surface area contributed by atoms with E-state index in [1.165, 1.54) is 5.56 Å². The summed E-state index contributed by atoms with van der Waals surface area (Å²) in [5.41, 5.74) is 2.66. The van der Waals surface area contributed by atoms with E-state index in [1.807, 2.05) is 12.1 Å². The van der Waals surface area contributed by atoms with E-state index in [4.69, 9.17) is 4.74 Å². The summed E-state index contributed by atoms with van der Waals surface area (Å²) in [5.74, 6) is 1.48. The maximum absolute atomic E-state index is 12.6. The van der Waals surface area contributed by atoms with Crippen molar-refractivity contribution in [1.29, 1.82) is 0 Å². The number of carbonyl (C=O) groups excluding carboxylic acids is 1. The second-order valence-electron chi connectivity index (χ2n) is 5.95. The fourth-order valence-electron chi connectivity index (χ4n) is 2.53. The molecule has 0 aliphatic rings. The van der Waals surface area contributed by atoms with Crippen molar-refractivity contribution in [2.24, 2.45) is 0 Å². The molecular weight excluding hydrogens is 521 g/mol. The summed E-state index contributed by atoms with van der Waals surface area (Å²) in [6, 6.07) is 21.6. The van der Waals surface area contributed by atoms with Gasteiger partial charge in [-0.3, -0.25) is 0 Å². The number of phenolic OH excluding ortho intramolecular Hbond substituents is 1. The first-order valence-corrected chi connectivity index (χ1v) is 13.3. The number of hydrogen-bond donors (Lipinski definition) is 1. The van der Waals surface area contributed by atoms with E-state index in [1.54, 1.807) is 48.5 Å². The molecule has 4 heteroatoms. The van der Waals surface area contributed by atoms with E-state index < -0.39 is 0 Å². The van der Waals surface area contributed by atoms with Gasteiger partial charge in [-0.15, -0.1) is 0 Å². The minimum atomic E-state index is -0.320. The van der Waals surface area contributed by atoms with E-state index in [0.29, 0.717) is 26.2 Å². The average Bonchev–Trinajstić information content (AvgIpc) is 2.69. The summed E-state index contributed by atoms with van der Waals surface area (Å²) >= 11 is -0.320. The second-order valence-corrected chi connectivity index (χ2v) is 10.5. The Kier molecular flexibility index (Phi) is 6.06. The molecule has 0 fully saturated rings. The average molecular weight is 541 g/mol. The molecule has 0 aliphatic carbocycles. The number of aromatic hydroxyl groups is 1. The van der Waals surface area contributed by atoms with Crippen LogP contribution in [0.4, 0.5) is 0 Å². The van der Waals surface area contributed by atoms with E-state index in [2.05, 4.69) is 23.6 Å². The van der Waals surface area contributed by atoms with E-state index in [9.17, 15) is 9.90 Å². The molecule has 0 saturated heterocycles. The summed E-state index contributed by atoms with van der Waals surface area (Å²) in [5, 5.41) is 9.30. The molecule has 0 spiro atoms. The van der Waals surface area contributed by atoms with Crippen LogP contribution in [0.15, 0.2) is 72.8 Å². The monoisotopic (exact) mass is 541 g/mol. The number of carbonyl (C=O) groups is 1. The SMILES string of the molecule is [CH3][Po][CH](C)c1ccc(C(=O)c2ccc(Oc3ccc(O)cc3)cc2)cc1. The molecule has 0 amide bonds. The van der Waals surface area contributed by atoms with Crippen molar-refractivity contribution in [1.82, 2.24) is 0 Å². The van der Waals surface area contributed by atoms with Crippen LogP contribution in [0.25, 0.3) is 0 Å². The van der Waals surface area contributed by atoms with Gasteiger partial charge < -0.3 is 5.11 Å². The van der Waals surface area contributed by atoms with Gasteiger partial charge in [0.25, 0.3) is 0 Å². The molecule has 3 aromatic carbocycles.